The summed E-state index contributed by atoms with van der Waals surface area (Å²) in [5, 5.41) is 0. The first-order chi connectivity index (χ1) is 17.9. The van der Waals surface area contributed by atoms with Crippen LogP contribution in [0.4, 0.5) is 22.0 Å². The molecule has 0 radical (unpaired) electrons. The lowest BCUT2D eigenvalue weighted by Crippen LogP contribution is -2.04. The van der Waals surface area contributed by atoms with Gasteiger partial charge in [0.1, 0.15) is 0 Å². The Morgan fingerprint density at radius 3 is 1.84 bits per heavy atom. The first-order valence-corrected chi connectivity index (χ1v) is 13.0. The molecule has 37 heavy (non-hydrogen) atoms. The van der Waals surface area contributed by atoms with Crippen molar-refractivity contribution in [2.45, 2.75) is 9.79 Å². The minimum atomic E-state index is -2.20. The Labute approximate surface area is 212 Å². The van der Waals surface area contributed by atoms with Crippen LogP contribution < -0.4 is 0 Å². The van der Waals surface area contributed by atoms with E-state index in [1.54, 1.807) is 12.2 Å². The Kier molecular flexibility index (Phi) is 4.89. The van der Waals surface area contributed by atoms with E-state index >= 15 is 0 Å². The fourth-order valence-corrected chi connectivity index (χ4v) is 7.13. The molecule has 7 rings (SSSR count). The second kappa shape index (κ2) is 8.09. The van der Waals surface area contributed by atoms with Gasteiger partial charge in [-0.25, -0.2) is 31.9 Å². The molecule has 4 nitrogen and oxygen atoms in total. The van der Waals surface area contributed by atoms with E-state index in [0.29, 0.717) is 38.1 Å². The molecule has 0 fully saturated rings. The molecule has 4 aromatic rings. The number of hydrogen-bond donors (Lipinski definition) is 2. The first-order valence-electron chi connectivity index (χ1n) is 10.9. The molecule has 11 heteroatoms. The molecular weight excluding hydrogens is 527 g/mol. The summed E-state index contributed by atoms with van der Waals surface area (Å²) in [5.41, 5.74) is 3.54. The van der Waals surface area contributed by atoms with Crippen molar-refractivity contribution in [3.63, 3.8) is 0 Å². The van der Waals surface area contributed by atoms with Crippen LogP contribution >= 0.6 is 21.6 Å². The molecule has 3 aliphatic heterocycles. The zero-order chi connectivity index (χ0) is 25.4. The number of nitrogens with zero attached hydrogens (tertiary/aromatic N) is 2. The normalized spacial score (nSPS) is 13.6. The second-order valence-corrected chi connectivity index (χ2v) is 10.6. The number of nitrogens with one attached hydrogen (secondary N) is 2. The molecule has 0 atom stereocenters. The number of aromatic amines is 2. The molecule has 3 aliphatic rings. The quantitative estimate of drug-likeness (QED) is 0.0961. The Morgan fingerprint density at radius 1 is 0.568 bits per heavy atom. The smallest absolute Gasteiger partial charge is 0.200 e. The van der Waals surface area contributed by atoms with Crippen molar-refractivity contribution in [1.29, 1.82) is 0 Å². The van der Waals surface area contributed by atoms with Gasteiger partial charge >= 0.3 is 0 Å². The second-order valence-electron chi connectivity index (χ2n) is 8.41. The minimum absolute atomic E-state index is 0.125. The first kappa shape index (κ1) is 22.4. The van der Waals surface area contributed by atoms with E-state index in [9.17, 15) is 22.0 Å². The zero-order valence-corrected chi connectivity index (χ0v) is 19.9. The van der Waals surface area contributed by atoms with Crippen molar-refractivity contribution in [1.82, 2.24) is 19.9 Å². The van der Waals surface area contributed by atoms with Crippen molar-refractivity contribution in [2.24, 2.45) is 0 Å². The summed E-state index contributed by atoms with van der Waals surface area (Å²) >= 11 is 0. The van der Waals surface area contributed by atoms with Gasteiger partial charge in [-0.05, 0) is 76.2 Å². The van der Waals surface area contributed by atoms with Crippen LogP contribution in [0.3, 0.4) is 0 Å². The van der Waals surface area contributed by atoms with Crippen LogP contribution in [-0.2, 0) is 0 Å². The van der Waals surface area contributed by atoms with E-state index in [1.807, 2.05) is 36.4 Å². The van der Waals surface area contributed by atoms with Gasteiger partial charge in [-0.1, -0.05) is 0 Å². The van der Waals surface area contributed by atoms with Gasteiger partial charge in [-0.15, -0.1) is 0 Å². The maximum Gasteiger partial charge on any atom is 0.200 e. The summed E-state index contributed by atoms with van der Waals surface area (Å²) in [6.07, 6.45) is 7.10. The van der Waals surface area contributed by atoms with E-state index < -0.39 is 34.6 Å². The van der Waals surface area contributed by atoms with E-state index in [2.05, 4.69) is 19.9 Å². The Balaban J connectivity index is 1.64. The van der Waals surface area contributed by atoms with Gasteiger partial charge in [0, 0.05) is 16.6 Å². The van der Waals surface area contributed by atoms with Crippen LogP contribution in [0.25, 0.3) is 57.5 Å². The van der Waals surface area contributed by atoms with Gasteiger partial charge < -0.3 is 9.97 Å². The highest BCUT2D eigenvalue weighted by atomic mass is 33.1. The summed E-state index contributed by atoms with van der Waals surface area (Å²) in [7, 11) is 2.45. The summed E-state index contributed by atoms with van der Waals surface area (Å²) < 4.78 is 72.2. The lowest BCUT2D eigenvalue weighted by Gasteiger charge is -2.09. The lowest BCUT2D eigenvalue weighted by molar-refractivity contribution is 0.381. The van der Waals surface area contributed by atoms with E-state index in [1.165, 1.54) is 16.9 Å². The molecule has 182 valence electrons. The number of benzene rings is 1. The van der Waals surface area contributed by atoms with Gasteiger partial charge in [0.05, 0.1) is 49.2 Å². The number of fused-ring (bicyclic) bond motifs is 8. The molecule has 0 amide bonds. The molecule has 0 aliphatic carbocycles. The maximum atomic E-state index is 15.0. The number of hydrogen-bond acceptors (Lipinski definition) is 4. The summed E-state index contributed by atoms with van der Waals surface area (Å²) in [5.74, 6) is -9.99. The SMILES string of the molecule is Fc1c(F)c(F)c(-c2c3c4[nH]c2cc2nc(cc5ccc(cc6nc(c4SS3)C=C6)[nH]5)C=C2)c(F)c1F. The van der Waals surface area contributed by atoms with Crippen molar-refractivity contribution in [3.05, 3.63) is 82.2 Å². The van der Waals surface area contributed by atoms with Crippen molar-refractivity contribution in [2.75, 3.05) is 0 Å². The topological polar surface area (TPSA) is 57.4 Å². The fraction of sp³-hybridized carbons (Fsp3) is 0. The van der Waals surface area contributed by atoms with E-state index in [4.69, 9.17) is 0 Å². The summed E-state index contributed by atoms with van der Waals surface area (Å²) in [6.45, 7) is 0. The highest BCUT2D eigenvalue weighted by molar-refractivity contribution is 8.77. The predicted octanol–water partition coefficient (Wildman–Crippen LogP) is 8.13. The predicted molar refractivity (Wildman–Crippen MR) is 136 cm³/mol. The van der Waals surface area contributed by atoms with Gasteiger partial charge in [-0.2, -0.15) is 0 Å². The van der Waals surface area contributed by atoms with E-state index in [0.717, 1.165) is 21.8 Å². The molecule has 2 N–H and O–H groups in total. The molecular formula is C26H11F5N4S2. The monoisotopic (exact) mass is 538 g/mol. The molecule has 0 saturated carbocycles. The highest BCUT2D eigenvalue weighted by Gasteiger charge is 2.32. The zero-order valence-electron chi connectivity index (χ0n) is 18.3. The summed E-state index contributed by atoms with van der Waals surface area (Å²) in [4.78, 5) is 16.6. The molecule has 1 aromatic carbocycles. The average molecular weight is 539 g/mol. The van der Waals surface area contributed by atoms with Crippen LogP contribution in [0.2, 0.25) is 0 Å². The number of aromatic nitrogens is 4. The molecule has 0 saturated heterocycles. The number of halogens is 5. The molecule has 8 bridgehead atoms. The molecule has 3 aromatic heterocycles. The number of H-pyrrole nitrogens is 2. The van der Waals surface area contributed by atoms with E-state index in [-0.39, 0.29) is 11.1 Å². The molecule has 0 unspecified atom stereocenters. The largest absolute Gasteiger partial charge is 0.355 e. The van der Waals surface area contributed by atoms with Crippen molar-refractivity contribution < 1.29 is 22.0 Å². The Hall–Kier alpha value is -3.83. The average Bonchev–Trinajstić information content (AvgIpc) is 3.69. The molecule has 6 heterocycles. The van der Waals surface area contributed by atoms with Gasteiger partial charge in [0.25, 0.3) is 0 Å². The van der Waals surface area contributed by atoms with Gasteiger partial charge in [0.15, 0.2) is 23.3 Å². The third-order valence-electron chi connectivity index (χ3n) is 6.09. The lowest BCUT2D eigenvalue weighted by atomic mass is 10.0. The van der Waals surface area contributed by atoms with Crippen LogP contribution in [0.5, 0.6) is 0 Å². The fourth-order valence-electron chi connectivity index (χ4n) is 4.43. The van der Waals surface area contributed by atoms with Gasteiger partial charge in [0.2, 0.25) is 5.82 Å². The third-order valence-corrected chi connectivity index (χ3v) is 8.57. The van der Waals surface area contributed by atoms with Crippen molar-refractivity contribution >= 4 is 68.0 Å². The van der Waals surface area contributed by atoms with Gasteiger partial charge in [-0.3, -0.25) is 0 Å². The van der Waals surface area contributed by atoms with Crippen LogP contribution in [-0.4, -0.2) is 19.9 Å². The van der Waals surface area contributed by atoms with Crippen LogP contribution in [0, 0.1) is 29.1 Å². The third kappa shape index (κ3) is 3.45. The Bertz CT molecular complexity index is 1880. The molecule has 0 spiro atoms. The maximum absolute atomic E-state index is 15.0. The number of rotatable bonds is 1. The van der Waals surface area contributed by atoms with Crippen molar-refractivity contribution in [3.8, 4) is 11.1 Å². The van der Waals surface area contributed by atoms with Crippen LogP contribution in [0.1, 0.15) is 22.8 Å². The van der Waals surface area contributed by atoms with Crippen LogP contribution in [0.15, 0.2) is 40.1 Å². The minimum Gasteiger partial charge on any atom is -0.355 e. The standard InChI is InChI=1S/C26H11F5N4S2/c27-19-18(20(28)22(30)23(31)21(19)29)17-16-9-14-4-3-11(33-14)7-10-1-2-12(32-10)8-13-5-6-15(34-13)25-24(35-16)26(17)37-36-25/h1-9,32,35H. The summed E-state index contributed by atoms with van der Waals surface area (Å²) in [6, 6.07) is 9.04. The Morgan fingerprint density at radius 2 is 1.14 bits per heavy atom. The highest BCUT2D eigenvalue weighted by Crippen LogP contribution is 2.56.